The van der Waals surface area contributed by atoms with Crippen molar-refractivity contribution in [1.82, 2.24) is 29.7 Å². The van der Waals surface area contributed by atoms with E-state index in [2.05, 4.69) is 15.4 Å². The van der Waals surface area contributed by atoms with Gasteiger partial charge in [0, 0.05) is 24.3 Å². The van der Waals surface area contributed by atoms with Crippen molar-refractivity contribution in [3.8, 4) is 11.4 Å². The molecule has 0 radical (unpaired) electrons. The lowest BCUT2D eigenvalue weighted by Gasteiger charge is -2.20. The monoisotopic (exact) mass is 384 g/mol. The van der Waals surface area contributed by atoms with Crippen LogP contribution in [-0.4, -0.2) is 41.6 Å². The van der Waals surface area contributed by atoms with E-state index in [1.54, 1.807) is 10.9 Å². The summed E-state index contributed by atoms with van der Waals surface area (Å²) < 4.78 is 3.46. The second-order valence-electron chi connectivity index (χ2n) is 7.18. The molecule has 7 nitrogen and oxygen atoms in total. The summed E-state index contributed by atoms with van der Waals surface area (Å²) in [6.45, 7) is 0.508. The van der Waals surface area contributed by atoms with Crippen molar-refractivity contribution < 1.29 is 4.79 Å². The molecule has 1 fully saturated rings. The third kappa shape index (κ3) is 3.67. The molecule has 4 aromatic rings. The normalized spacial score (nSPS) is 13.4. The van der Waals surface area contributed by atoms with Crippen LogP contribution in [0, 0.1) is 0 Å². The summed E-state index contributed by atoms with van der Waals surface area (Å²) >= 11 is 0. The molecular formula is C22H20N6O. The standard InChI is InChI=1S/C22H20N6O/c29-22(21-16-28(25-24-21)20-9-5-2-6-10-20)26(18-11-12-18)14-17-13-23-27(15-17)19-7-3-1-4-8-19/h1-10,13,15-16,18H,11-12,14H2. The van der Waals surface area contributed by atoms with Crippen LogP contribution in [0.1, 0.15) is 28.9 Å². The molecule has 1 saturated carbocycles. The predicted molar refractivity (Wildman–Crippen MR) is 108 cm³/mol. The first-order valence-corrected chi connectivity index (χ1v) is 9.66. The number of nitrogens with zero attached hydrogens (tertiary/aromatic N) is 6. The zero-order valence-corrected chi connectivity index (χ0v) is 15.8. The number of para-hydroxylation sites is 2. The average Bonchev–Trinajstić information content (AvgIpc) is 3.30. The van der Waals surface area contributed by atoms with Gasteiger partial charge in [-0.15, -0.1) is 5.10 Å². The van der Waals surface area contributed by atoms with Gasteiger partial charge in [0.15, 0.2) is 5.69 Å². The molecule has 1 amide bonds. The van der Waals surface area contributed by atoms with E-state index >= 15 is 0 Å². The van der Waals surface area contributed by atoms with Crippen LogP contribution in [0.2, 0.25) is 0 Å². The minimum absolute atomic E-state index is 0.0952. The largest absolute Gasteiger partial charge is 0.330 e. The maximum absolute atomic E-state index is 13.1. The van der Waals surface area contributed by atoms with Gasteiger partial charge in [-0.2, -0.15) is 5.10 Å². The number of hydrogen-bond acceptors (Lipinski definition) is 4. The molecule has 2 aromatic carbocycles. The highest BCUT2D eigenvalue weighted by Gasteiger charge is 2.34. The maximum atomic E-state index is 13.1. The molecule has 5 rings (SSSR count). The Kier molecular flexibility index (Phi) is 4.40. The van der Waals surface area contributed by atoms with Crippen LogP contribution in [-0.2, 0) is 6.54 Å². The van der Waals surface area contributed by atoms with Gasteiger partial charge in [-0.3, -0.25) is 4.79 Å². The van der Waals surface area contributed by atoms with Crippen molar-refractivity contribution >= 4 is 5.91 Å². The lowest BCUT2D eigenvalue weighted by molar-refractivity contribution is 0.0724. The zero-order valence-electron chi connectivity index (χ0n) is 15.8. The van der Waals surface area contributed by atoms with E-state index in [0.717, 1.165) is 29.8 Å². The molecular weight excluding hydrogens is 364 g/mol. The SMILES string of the molecule is O=C(c1cn(-c2ccccc2)nn1)N(Cc1cnn(-c2ccccc2)c1)C1CC1. The fraction of sp³-hybridized carbons (Fsp3) is 0.182. The summed E-state index contributed by atoms with van der Waals surface area (Å²) in [5.74, 6) is -0.0952. The van der Waals surface area contributed by atoms with Gasteiger partial charge in [0.2, 0.25) is 0 Å². The first-order valence-electron chi connectivity index (χ1n) is 9.66. The number of aromatic nitrogens is 5. The van der Waals surface area contributed by atoms with Crippen molar-refractivity contribution in [2.24, 2.45) is 0 Å². The Morgan fingerprint density at radius 3 is 2.24 bits per heavy atom. The number of benzene rings is 2. The van der Waals surface area contributed by atoms with Crippen molar-refractivity contribution in [2.75, 3.05) is 0 Å². The van der Waals surface area contributed by atoms with E-state index < -0.39 is 0 Å². The van der Waals surface area contributed by atoms with Crippen molar-refractivity contribution in [2.45, 2.75) is 25.4 Å². The second kappa shape index (κ2) is 7.35. The molecule has 0 N–H and O–H groups in total. The van der Waals surface area contributed by atoms with E-state index in [-0.39, 0.29) is 11.9 Å². The van der Waals surface area contributed by atoms with Gasteiger partial charge < -0.3 is 4.90 Å². The Hall–Kier alpha value is -3.74. The van der Waals surface area contributed by atoms with Crippen LogP contribution >= 0.6 is 0 Å². The number of carbonyl (C=O) groups is 1. The average molecular weight is 384 g/mol. The summed E-state index contributed by atoms with van der Waals surface area (Å²) in [4.78, 5) is 15.0. The first kappa shape index (κ1) is 17.4. The Labute approximate surface area is 168 Å². The van der Waals surface area contributed by atoms with E-state index in [9.17, 15) is 4.79 Å². The minimum atomic E-state index is -0.0952. The Morgan fingerprint density at radius 2 is 1.59 bits per heavy atom. The molecule has 1 aliphatic carbocycles. The quantitative estimate of drug-likeness (QED) is 0.512. The molecule has 29 heavy (non-hydrogen) atoms. The summed E-state index contributed by atoms with van der Waals surface area (Å²) in [6.07, 6.45) is 7.52. The minimum Gasteiger partial charge on any atom is -0.330 e. The maximum Gasteiger partial charge on any atom is 0.276 e. The molecule has 2 aromatic heterocycles. The van der Waals surface area contributed by atoms with Crippen molar-refractivity contribution in [3.63, 3.8) is 0 Å². The van der Waals surface area contributed by atoms with Gasteiger partial charge in [-0.25, -0.2) is 9.36 Å². The van der Waals surface area contributed by atoms with Crippen LogP contribution in [0.5, 0.6) is 0 Å². The molecule has 0 saturated heterocycles. The Bertz CT molecular complexity index is 1110. The number of carbonyl (C=O) groups excluding carboxylic acids is 1. The third-order valence-corrected chi connectivity index (χ3v) is 4.99. The summed E-state index contributed by atoms with van der Waals surface area (Å²) in [5, 5.41) is 12.7. The predicted octanol–water partition coefficient (Wildman–Crippen LogP) is 3.26. The third-order valence-electron chi connectivity index (χ3n) is 4.99. The molecule has 0 atom stereocenters. The molecule has 144 valence electrons. The smallest absolute Gasteiger partial charge is 0.276 e. The lowest BCUT2D eigenvalue weighted by Crippen LogP contribution is -2.32. The first-order chi connectivity index (χ1) is 14.3. The van der Waals surface area contributed by atoms with E-state index in [4.69, 9.17) is 0 Å². The van der Waals surface area contributed by atoms with Crippen molar-refractivity contribution in [1.29, 1.82) is 0 Å². The number of amides is 1. The Balaban J connectivity index is 1.35. The van der Waals surface area contributed by atoms with Crippen molar-refractivity contribution in [3.05, 3.63) is 90.5 Å². The lowest BCUT2D eigenvalue weighted by atomic mass is 10.2. The number of rotatable bonds is 6. The van der Waals surface area contributed by atoms with Gasteiger partial charge in [0.1, 0.15) is 0 Å². The van der Waals surface area contributed by atoms with E-state index in [1.165, 1.54) is 0 Å². The number of hydrogen-bond donors (Lipinski definition) is 0. The van der Waals surface area contributed by atoms with Gasteiger partial charge in [0.25, 0.3) is 5.91 Å². The van der Waals surface area contributed by atoms with Gasteiger partial charge in [0.05, 0.1) is 23.8 Å². The highest BCUT2D eigenvalue weighted by Crippen LogP contribution is 2.29. The molecule has 1 aliphatic rings. The van der Waals surface area contributed by atoms with Crippen LogP contribution in [0.3, 0.4) is 0 Å². The zero-order chi connectivity index (χ0) is 19.6. The molecule has 0 spiro atoms. The van der Waals surface area contributed by atoms with Crippen LogP contribution in [0.25, 0.3) is 11.4 Å². The fourth-order valence-corrected chi connectivity index (χ4v) is 3.33. The fourth-order valence-electron chi connectivity index (χ4n) is 3.33. The highest BCUT2D eigenvalue weighted by atomic mass is 16.2. The van der Waals surface area contributed by atoms with Gasteiger partial charge in [-0.05, 0) is 37.1 Å². The molecule has 0 bridgehead atoms. The second-order valence-corrected chi connectivity index (χ2v) is 7.18. The highest BCUT2D eigenvalue weighted by molar-refractivity contribution is 5.92. The van der Waals surface area contributed by atoms with Crippen LogP contribution < -0.4 is 0 Å². The Morgan fingerprint density at radius 1 is 0.931 bits per heavy atom. The summed E-state index contributed by atoms with van der Waals surface area (Å²) in [7, 11) is 0. The molecule has 2 heterocycles. The summed E-state index contributed by atoms with van der Waals surface area (Å²) in [6, 6.07) is 19.9. The molecule has 7 heteroatoms. The molecule has 0 aliphatic heterocycles. The van der Waals surface area contributed by atoms with Crippen LogP contribution in [0.15, 0.2) is 79.3 Å². The topological polar surface area (TPSA) is 68.8 Å². The van der Waals surface area contributed by atoms with Crippen LogP contribution in [0.4, 0.5) is 0 Å². The molecule has 0 unspecified atom stereocenters. The van der Waals surface area contributed by atoms with E-state index in [1.807, 2.05) is 82.6 Å². The summed E-state index contributed by atoms with van der Waals surface area (Å²) in [5.41, 5.74) is 3.22. The van der Waals surface area contributed by atoms with Gasteiger partial charge >= 0.3 is 0 Å². The van der Waals surface area contributed by atoms with E-state index in [0.29, 0.717) is 12.2 Å². The van der Waals surface area contributed by atoms with Gasteiger partial charge in [-0.1, -0.05) is 41.6 Å².